The van der Waals surface area contributed by atoms with Crippen LogP contribution in [-0.4, -0.2) is 31.2 Å². The molecule has 6 nitrogen and oxygen atoms in total. The van der Waals surface area contributed by atoms with Crippen LogP contribution >= 0.6 is 0 Å². The minimum Gasteiger partial charge on any atom is -0.386 e. The molecule has 24 heavy (non-hydrogen) atoms. The second-order valence-electron chi connectivity index (χ2n) is 6.63. The van der Waals surface area contributed by atoms with Gasteiger partial charge in [0.25, 0.3) is 0 Å². The summed E-state index contributed by atoms with van der Waals surface area (Å²) < 4.78 is 25.6. The summed E-state index contributed by atoms with van der Waals surface area (Å²) in [5, 5.41) is 12.2. The average molecular weight is 356 g/mol. The molecule has 1 aromatic carbocycles. The van der Waals surface area contributed by atoms with Gasteiger partial charge in [-0.05, 0) is 58.2 Å². The molecule has 0 aliphatic rings. The average Bonchev–Trinajstić information content (AvgIpc) is 2.46. The molecule has 0 bridgehead atoms. The first-order chi connectivity index (χ1) is 11.0. The minimum atomic E-state index is -3.23. The second kappa shape index (κ2) is 8.60. The molecule has 1 amide bonds. The number of carbonyl (C=O) groups excluding carboxylic acids is 1. The number of carbonyl (C=O) groups is 1. The summed E-state index contributed by atoms with van der Waals surface area (Å²) in [7, 11) is -3.23. The maximum Gasteiger partial charge on any atom is 0.224 e. The summed E-state index contributed by atoms with van der Waals surface area (Å²) in [6.45, 7) is 6.99. The summed E-state index contributed by atoms with van der Waals surface area (Å²) in [5.74, 6) is -0.113. The molecule has 0 saturated carbocycles. The number of rotatable bonds is 9. The summed E-state index contributed by atoms with van der Waals surface area (Å²) in [5.41, 5.74) is 0.540. The van der Waals surface area contributed by atoms with Gasteiger partial charge in [0.1, 0.15) is 0 Å². The number of hydrogen-bond acceptors (Lipinski definition) is 4. The molecule has 0 heterocycles. The van der Waals surface area contributed by atoms with E-state index in [1.54, 1.807) is 52.0 Å². The highest BCUT2D eigenvalue weighted by Gasteiger charge is 2.16. The van der Waals surface area contributed by atoms with Crippen LogP contribution in [0.5, 0.6) is 0 Å². The number of sulfonamides is 1. The molecule has 0 atom stereocenters. The zero-order valence-electron chi connectivity index (χ0n) is 14.8. The highest BCUT2D eigenvalue weighted by Crippen LogP contribution is 2.21. The van der Waals surface area contributed by atoms with Crippen molar-refractivity contribution in [1.29, 1.82) is 0 Å². The van der Waals surface area contributed by atoms with Crippen molar-refractivity contribution in [2.75, 3.05) is 11.9 Å². The van der Waals surface area contributed by atoms with Crippen molar-refractivity contribution in [1.82, 2.24) is 4.72 Å². The highest BCUT2D eigenvalue weighted by molar-refractivity contribution is 7.90. The van der Waals surface area contributed by atoms with Crippen LogP contribution < -0.4 is 10.0 Å². The van der Waals surface area contributed by atoms with E-state index in [1.165, 1.54) is 0 Å². The lowest BCUT2D eigenvalue weighted by Crippen LogP contribution is -2.31. The number of nitrogens with one attached hydrogen (secondary N) is 2. The van der Waals surface area contributed by atoms with Crippen LogP contribution in [-0.2, 0) is 20.4 Å². The van der Waals surface area contributed by atoms with Gasteiger partial charge in [-0.3, -0.25) is 4.79 Å². The second-order valence-corrected chi connectivity index (χ2v) is 8.95. The molecule has 0 fully saturated rings. The molecule has 0 aromatic heterocycles. The smallest absolute Gasteiger partial charge is 0.224 e. The van der Waals surface area contributed by atoms with Crippen molar-refractivity contribution >= 4 is 21.6 Å². The molecule has 0 unspecified atom stereocenters. The summed E-state index contributed by atoms with van der Waals surface area (Å²) in [6.07, 6.45) is 1.54. The molecule has 0 spiro atoms. The van der Waals surface area contributed by atoms with Crippen molar-refractivity contribution < 1.29 is 18.3 Å². The first kappa shape index (κ1) is 20.6. The summed E-state index contributed by atoms with van der Waals surface area (Å²) in [4.78, 5) is 11.9. The van der Waals surface area contributed by atoms with E-state index in [-0.39, 0.29) is 5.91 Å². The van der Waals surface area contributed by atoms with Gasteiger partial charge < -0.3 is 10.4 Å². The number of hydrogen-bond donors (Lipinski definition) is 3. The van der Waals surface area contributed by atoms with E-state index < -0.39 is 20.9 Å². The molecule has 0 aliphatic carbocycles. The van der Waals surface area contributed by atoms with E-state index in [0.717, 1.165) is 5.56 Å². The topological polar surface area (TPSA) is 95.5 Å². The van der Waals surface area contributed by atoms with Crippen LogP contribution in [0.1, 0.15) is 52.5 Å². The van der Waals surface area contributed by atoms with Crippen LogP contribution in [0.25, 0.3) is 0 Å². The van der Waals surface area contributed by atoms with Crippen molar-refractivity contribution in [3.63, 3.8) is 0 Å². The van der Waals surface area contributed by atoms with Crippen molar-refractivity contribution in [3.8, 4) is 0 Å². The molecule has 7 heteroatoms. The zero-order valence-corrected chi connectivity index (χ0v) is 15.6. The third-order valence-electron chi connectivity index (χ3n) is 3.63. The molecule has 136 valence electrons. The first-order valence-corrected chi connectivity index (χ1v) is 9.68. The van der Waals surface area contributed by atoms with E-state index in [1.807, 2.05) is 0 Å². The van der Waals surface area contributed by atoms with Crippen molar-refractivity contribution in [3.05, 3.63) is 29.8 Å². The van der Waals surface area contributed by atoms with Gasteiger partial charge in [0.2, 0.25) is 15.9 Å². The summed E-state index contributed by atoms with van der Waals surface area (Å²) in [6, 6.07) is 7.05. The van der Waals surface area contributed by atoms with Gasteiger partial charge >= 0.3 is 0 Å². The number of anilines is 1. The molecular formula is C17H28N2O4S. The quantitative estimate of drug-likeness (QED) is 0.592. The Morgan fingerprint density at radius 3 is 2.25 bits per heavy atom. The van der Waals surface area contributed by atoms with Gasteiger partial charge in [-0.1, -0.05) is 12.1 Å². The van der Waals surface area contributed by atoms with E-state index in [2.05, 4.69) is 10.0 Å². The van der Waals surface area contributed by atoms with Crippen molar-refractivity contribution in [2.24, 2.45) is 0 Å². The van der Waals surface area contributed by atoms with Gasteiger partial charge in [-0.15, -0.1) is 0 Å². The van der Waals surface area contributed by atoms with Gasteiger partial charge in [0.05, 0.1) is 10.9 Å². The van der Waals surface area contributed by atoms with Gasteiger partial charge in [-0.2, -0.15) is 0 Å². The standard InChI is InChI=1S/C17H28N2O4S/c1-13(2)24(22,23)18-12-6-5-7-16(20)19-15-10-8-14(9-11-15)17(3,4)21/h8-11,13,18,21H,5-7,12H2,1-4H3,(H,19,20). The molecule has 0 saturated heterocycles. The molecule has 1 rings (SSSR count). The van der Waals surface area contributed by atoms with E-state index in [9.17, 15) is 18.3 Å². The molecule has 1 aromatic rings. The fourth-order valence-corrected chi connectivity index (χ4v) is 2.74. The minimum absolute atomic E-state index is 0.113. The van der Waals surface area contributed by atoms with Gasteiger partial charge in [-0.25, -0.2) is 13.1 Å². The zero-order chi connectivity index (χ0) is 18.4. The Balaban J connectivity index is 2.32. The Kier molecular flexibility index (Phi) is 7.38. The van der Waals surface area contributed by atoms with Crippen LogP contribution in [0.3, 0.4) is 0 Å². The lowest BCUT2D eigenvalue weighted by Gasteiger charge is -2.18. The Hall–Kier alpha value is -1.44. The number of amides is 1. The SMILES string of the molecule is CC(C)S(=O)(=O)NCCCCC(=O)Nc1ccc(C(C)(C)O)cc1. The number of aliphatic hydroxyl groups is 1. The molecule has 0 aliphatic heterocycles. The summed E-state index contributed by atoms with van der Waals surface area (Å²) >= 11 is 0. The van der Waals surface area contributed by atoms with Crippen LogP contribution in [0.2, 0.25) is 0 Å². The Bertz CT molecular complexity index is 632. The van der Waals surface area contributed by atoms with E-state index in [0.29, 0.717) is 31.5 Å². The Morgan fingerprint density at radius 1 is 1.17 bits per heavy atom. The highest BCUT2D eigenvalue weighted by atomic mass is 32.2. The fraction of sp³-hybridized carbons (Fsp3) is 0.588. The lowest BCUT2D eigenvalue weighted by atomic mass is 9.98. The molecule has 3 N–H and O–H groups in total. The Labute approximate surface area is 144 Å². The third kappa shape index (κ3) is 6.98. The monoisotopic (exact) mass is 356 g/mol. The Morgan fingerprint density at radius 2 is 1.75 bits per heavy atom. The maximum absolute atomic E-state index is 11.9. The molecular weight excluding hydrogens is 328 g/mol. The lowest BCUT2D eigenvalue weighted by molar-refractivity contribution is -0.116. The number of benzene rings is 1. The van der Waals surface area contributed by atoms with Gasteiger partial charge in [0.15, 0.2) is 0 Å². The number of unbranched alkanes of at least 4 members (excludes halogenated alkanes) is 1. The van der Waals surface area contributed by atoms with Crippen LogP contribution in [0.4, 0.5) is 5.69 Å². The first-order valence-electron chi connectivity index (χ1n) is 8.13. The van der Waals surface area contributed by atoms with Gasteiger partial charge in [0, 0.05) is 18.7 Å². The largest absolute Gasteiger partial charge is 0.386 e. The third-order valence-corrected chi connectivity index (χ3v) is 5.48. The van der Waals surface area contributed by atoms with E-state index >= 15 is 0 Å². The van der Waals surface area contributed by atoms with Crippen LogP contribution in [0.15, 0.2) is 24.3 Å². The van der Waals surface area contributed by atoms with Crippen LogP contribution in [0, 0.1) is 0 Å². The van der Waals surface area contributed by atoms with E-state index in [4.69, 9.17) is 0 Å². The van der Waals surface area contributed by atoms with Crippen molar-refractivity contribution in [2.45, 2.75) is 57.8 Å². The predicted molar refractivity (Wildman–Crippen MR) is 96.2 cm³/mol. The fourth-order valence-electron chi connectivity index (χ4n) is 1.98. The molecule has 0 radical (unpaired) electrons. The maximum atomic E-state index is 11.9. The predicted octanol–water partition coefficient (Wildman–Crippen LogP) is 2.35. The normalized spacial score (nSPS) is 12.4.